The molecule has 3 rings (SSSR count). The quantitative estimate of drug-likeness (QED) is 0.828. The third-order valence-corrected chi connectivity index (χ3v) is 5.18. The number of anilines is 1. The number of hydrogen-bond donors (Lipinski definition) is 2. The Bertz CT molecular complexity index is 650. The number of nitrogens with one attached hydrogen (secondary N) is 2. The summed E-state index contributed by atoms with van der Waals surface area (Å²) in [5, 5.41) is 5.89. The average molecular weight is 374 g/mol. The number of likely N-dealkylation sites (tertiary alicyclic amines) is 1. The Labute approximate surface area is 161 Å². The number of urea groups is 1. The van der Waals surface area contributed by atoms with Gasteiger partial charge in [-0.1, -0.05) is 6.07 Å². The second-order valence-corrected chi connectivity index (χ2v) is 7.59. The fraction of sp³-hybridized carbons (Fsp3) is 0.600. The van der Waals surface area contributed by atoms with Gasteiger partial charge in [0.15, 0.2) is 0 Å². The smallest absolute Gasteiger partial charge is 0.319 e. The van der Waals surface area contributed by atoms with E-state index in [4.69, 9.17) is 4.74 Å². The Morgan fingerprint density at radius 1 is 1.22 bits per heavy atom. The van der Waals surface area contributed by atoms with Gasteiger partial charge in [-0.25, -0.2) is 4.79 Å². The summed E-state index contributed by atoms with van der Waals surface area (Å²) >= 11 is 0. The topological polar surface area (TPSA) is 73.9 Å². The lowest BCUT2D eigenvalue weighted by molar-refractivity contribution is 0.0633. The highest BCUT2D eigenvalue weighted by Crippen LogP contribution is 2.17. The molecule has 0 bridgehead atoms. The fourth-order valence-electron chi connectivity index (χ4n) is 3.68. The van der Waals surface area contributed by atoms with Gasteiger partial charge >= 0.3 is 6.03 Å². The van der Waals surface area contributed by atoms with E-state index in [0.717, 1.165) is 45.5 Å². The SMILES string of the molecule is CN(C)C(=O)c1cccc(NC(=O)NC2CCN(CC3CCCO3)CC2)c1. The number of ether oxygens (including phenoxy) is 1. The van der Waals surface area contributed by atoms with E-state index in [1.54, 1.807) is 38.4 Å². The molecule has 148 valence electrons. The standard InChI is InChI=1S/C20H30N4O3/c1-23(2)19(25)15-5-3-6-17(13-15)22-20(26)21-16-8-10-24(11-9-16)14-18-7-4-12-27-18/h3,5-6,13,16,18H,4,7-12,14H2,1-2H3,(H2,21,22,26). The molecule has 0 aliphatic carbocycles. The van der Waals surface area contributed by atoms with Crippen LogP contribution >= 0.6 is 0 Å². The first-order valence-corrected chi connectivity index (χ1v) is 9.74. The van der Waals surface area contributed by atoms with E-state index in [1.807, 2.05) is 0 Å². The van der Waals surface area contributed by atoms with Crippen LogP contribution in [0.25, 0.3) is 0 Å². The maximum atomic E-state index is 12.3. The van der Waals surface area contributed by atoms with Crippen LogP contribution in [0.15, 0.2) is 24.3 Å². The summed E-state index contributed by atoms with van der Waals surface area (Å²) in [6, 6.07) is 6.97. The van der Waals surface area contributed by atoms with E-state index in [9.17, 15) is 9.59 Å². The Morgan fingerprint density at radius 3 is 2.67 bits per heavy atom. The van der Waals surface area contributed by atoms with Crippen molar-refractivity contribution >= 4 is 17.6 Å². The largest absolute Gasteiger partial charge is 0.377 e. The maximum Gasteiger partial charge on any atom is 0.319 e. The minimum Gasteiger partial charge on any atom is -0.377 e. The number of benzene rings is 1. The number of amides is 3. The molecule has 3 amide bonds. The van der Waals surface area contributed by atoms with Crippen molar-refractivity contribution in [1.82, 2.24) is 15.1 Å². The van der Waals surface area contributed by atoms with Gasteiger partial charge in [0, 0.05) is 57.6 Å². The van der Waals surface area contributed by atoms with Crippen molar-refractivity contribution in [2.75, 3.05) is 45.7 Å². The molecule has 1 aromatic rings. The molecule has 2 N–H and O–H groups in total. The number of piperidine rings is 1. The van der Waals surface area contributed by atoms with Crippen molar-refractivity contribution < 1.29 is 14.3 Å². The van der Waals surface area contributed by atoms with Crippen LogP contribution in [0.5, 0.6) is 0 Å². The number of hydrogen-bond acceptors (Lipinski definition) is 4. The van der Waals surface area contributed by atoms with E-state index < -0.39 is 0 Å². The van der Waals surface area contributed by atoms with E-state index in [2.05, 4.69) is 15.5 Å². The molecule has 2 fully saturated rings. The molecule has 0 saturated carbocycles. The molecule has 2 saturated heterocycles. The highest BCUT2D eigenvalue weighted by molar-refractivity contribution is 5.96. The third kappa shape index (κ3) is 5.68. The van der Waals surface area contributed by atoms with Gasteiger partial charge in [-0.2, -0.15) is 0 Å². The van der Waals surface area contributed by atoms with Crippen LogP contribution in [0.2, 0.25) is 0 Å². The van der Waals surface area contributed by atoms with Gasteiger partial charge in [0.2, 0.25) is 0 Å². The zero-order chi connectivity index (χ0) is 19.2. The molecule has 7 heteroatoms. The summed E-state index contributed by atoms with van der Waals surface area (Å²) in [6.45, 7) is 3.87. The molecule has 0 aromatic heterocycles. The molecule has 2 aliphatic heterocycles. The second kappa shape index (κ2) is 9.19. The molecule has 27 heavy (non-hydrogen) atoms. The summed E-state index contributed by atoms with van der Waals surface area (Å²) in [6.07, 6.45) is 4.61. The van der Waals surface area contributed by atoms with Gasteiger partial charge in [-0.15, -0.1) is 0 Å². The van der Waals surface area contributed by atoms with Crippen molar-refractivity contribution in [3.05, 3.63) is 29.8 Å². The predicted octanol–water partition coefficient (Wildman–Crippen LogP) is 2.15. The summed E-state index contributed by atoms with van der Waals surface area (Å²) in [5.41, 5.74) is 1.18. The van der Waals surface area contributed by atoms with Gasteiger partial charge in [0.1, 0.15) is 0 Å². The van der Waals surface area contributed by atoms with Gasteiger partial charge in [0.25, 0.3) is 5.91 Å². The zero-order valence-corrected chi connectivity index (χ0v) is 16.2. The Kier molecular flexibility index (Phi) is 6.68. The molecule has 1 atom stereocenters. The zero-order valence-electron chi connectivity index (χ0n) is 16.2. The second-order valence-electron chi connectivity index (χ2n) is 7.59. The van der Waals surface area contributed by atoms with Crippen molar-refractivity contribution in [2.45, 2.75) is 37.8 Å². The first-order valence-electron chi connectivity index (χ1n) is 9.74. The highest BCUT2D eigenvalue weighted by atomic mass is 16.5. The summed E-state index contributed by atoms with van der Waals surface area (Å²) in [4.78, 5) is 28.3. The lowest BCUT2D eigenvalue weighted by Gasteiger charge is -2.33. The van der Waals surface area contributed by atoms with Crippen LogP contribution in [0, 0.1) is 0 Å². The molecular formula is C20H30N4O3. The van der Waals surface area contributed by atoms with Crippen molar-refractivity contribution in [3.8, 4) is 0 Å². The molecule has 1 aromatic carbocycles. The molecule has 0 radical (unpaired) electrons. The van der Waals surface area contributed by atoms with E-state index in [0.29, 0.717) is 17.4 Å². The highest BCUT2D eigenvalue weighted by Gasteiger charge is 2.24. The van der Waals surface area contributed by atoms with E-state index >= 15 is 0 Å². The lowest BCUT2D eigenvalue weighted by Crippen LogP contribution is -2.47. The molecule has 2 aliphatic rings. The Balaban J connectivity index is 1.43. The van der Waals surface area contributed by atoms with Crippen LogP contribution in [0.1, 0.15) is 36.0 Å². The van der Waals surface area contributed by atoms with Gasteiger partial charge in [0.05, 0.1) is 6.10 Å². The summed E-state index contributed by atoms with van der Waals surface area (Å²) in [5.74, 6) is -0.0855. The molecule has 7 nitrogen and oxygen atoms in total. The predicted molar refractivity (Wildman–Crippen MR) is 105 cm³/mol. The van der Waals surface area contributed by atoms with Gasteiger partial charge < -0.3 is 25.2 Å². The van der Waals surface area contributed by atoms with Crippen molar-refractivity contribution in [3.63, 3.8) is 0 Å². The lowest BCUT2D eigenvalue weighted by atomic mass is 10.0. The fourth-order valence-corrected chi connectivity index (χ4v) is 3.68. The molecule has 2 heterocycles. The monoisotopic (exact) mass is 374 g/mol. The molecular weight excluding hydrogens is 344 g/mol. The third-order valence-electron chi connectivity index (χ3n) is 5.18. The average Bonchev–Trinajstić information content (AvgIpc) is 3.16. The molecule has 0 spiro atoms. The van der Waals surface area contributed by atoms with Crippen LogP contribution in [0.3, 0.4) is 0 Å². The minimum atomic E-state index is -0.220. The summed E-state index contributed by atoms with van der Waals surface area (Å²) < 4.78 is 5.71. The first kappa shape index (κ1) is 19.6. The normalized spacial score (nSPS) is 21.0. The van der Waals surface area contributed by atoms with Crippen molar-refractivity contribution in [1.29, 1.82) is 0 Å². The molecule has 1 unspecified atom stereocenters. The number of nitrogens with zero attached hydrogens (tertiary/aromatic N) is 2. The Morgan fingerprint density at radius 2 is 2.00 bits per heavy atom. The maximum absolute atomic E-state index is 12.3. The minimum absolute atomic E-state index is 0.0855. The van der Waals surface area contributed by atoms with Crippen LogP contribution < -0.4 is 10.6 Å². The first-order chi connectivity index (χ1) is 13.0. The van der Waals surface area contributed by atoms with Crippen LogP contribution in [-0.4, -0.2) is 74.2 Å². The van der Waals surface area contributed by atoms with Crippen LogP contribution in [-0.2, 0) is 4.74 Å². The Hall–Kier alpha value is -2.12. The number of carbonyl (C=O) groups excluding carboxylic acids is 2. The summed E-state index contributed by atoms with van der Waals surface area (Å²) in [7, 11) is 3.42. The van der Waals surface area contributed by atoms with E-state index in [1.165, 1.54) is 11.3 Å². The number of rotatable bonds is 5. The van der Waals surface area contributed by atoms with E-state index in [-0.39, 0.29) is 18.0 Å². The van der Waals surface area contributed by atoms with Crippen molar-refractivity contribution in [2.24, 2.45) is 0 Å². The van der Waals surface area contributed by atoms with Crippen LogP contribution in [0.4, 0.5) is 10.5 Å². The number of carbonyl (C=O) groups is 2. The van der Waals surface area contributed by atoms with Gasteiger partial charge in [-0.3, -0.25) is 4.79 Å². The van der Waals surface area contributed by atoms with Gasteiger partial charge in [-0.05, 0) is 43.9 Å².